The Hall–Kier alpha value is -1.74. The number of benzene rings is 1. The highest BCUT2D eigenvalue weighted by molar-refractivity contribution is 5.30. The number of likely N-dealkylation sites (N-methyl/N-ethyl adjacent to an activating group) is 1. The van der Waals surface area contributed by atoms with Crippen LogP contribution in [0.25, 0.3) is 0 Å². The summed E-state index contributed by atoms with van der Waals surface area (Å²) in [5.74, 6) is 1.35. The molecule has 0 fully saturated rings. The number of hydrogen-bond donors (Lipinski definition) is 1. The van der Waals surface area contributed by atoms with Gasteiger partial charge in [0, 0.05) is 24.4 Å². The van der Waals surface area contributed by atoms with E-state index >= 15 is 0 Å². The first kappa shape index (κ1) is 15.6. The van der Waals surface area contributed by atoms with E-state index in [0.29, 0.717) is 5.92 Å². The number of nitrogens with one attached hydrogen (secondary N) is 1. The van der Waals surface area contributed by atoms with Crippen molar-refractivity contribution in [3.05, 3.63) is 58.2 Å². The van der Waals surface area contributed by atoms with Crippen molar-refractivity contribution in [2.45, 2.75) is 40.0 Å². The Morgan fingerprint density at radius 1 is 1.00 bits per heavy atom. The van der Waals surface area contributed by atoms with Gasteiger partial charge in [0.2, 0.25) is 0 Å². The number of aromatic nitrogens is 2. The van der Waals surface area contributed by atoms with Crippen molar-refractivity contribution in [1.29, 1.82) is 0 Å². The first-order valence-corrected chi connectivity index (χ1v) is 7.55. The third kappa shape index (κ3) is 3.88. The maximum absolute atomic E-state index is 4.72. The molecule has 1 atom stereocenters. The average Bonchev–Trinajstić information content (AvgIpc) is 2.41. The molecule has 1 aromatic carbocycles. The van der Waals surface area contributed by atoms with E-state index in [-0.39, 0.29) is 0 Å². The zero-order chi connectivity index (χ0) is 15.4. The second-order valence-electron chi connectivity index (χ2n) is 5.85. The Labute approximate surface area is 127 Å². The van der Waals surface area contributed by atoms with Crippen LogP contribution in [0.15, 0.2) is 24.3 Å². The van der Waals surface area contributed by atoms with E-state index in [1.54, 1.807) is 0 Å². The summed E-state index contributed by atoms with van der Waals surface area (Å²) in [4.78, 5) is 9.43. The van der Waals surface area contributed by atoms with Crippen LogP contribution in [0.2, 0.25) is 0 Å². The van der Waals surface area contributed by atoms with Crippen LogP contribution in [0.5, 0.6) is 0 Å². The quantitative estimate of drug-likeness (QED) is 0.914. The van der Waals surface area contributed by atoms with E-state index < -0.39 is 0 Å². The molecule has 1 unspecified atom stereocenters. The van der Waals surface area contributed by atoms with Crippen molar-refractivity contribution in [2.75, 3.05) is 13.6 Å². The highest BCUT2D eigenvalue weighted by Crippen LogP contribution is 2.21. The van der Waals surface area contributed by atoms with Crippen molar-refractivity contribution in [3.8, 4) is 0 Å². The number of nitrogens with zero attached hydrogens (tertiary/aromatic N) is 2. The maximum Gasteiger partial charge on any atom is 0.133 e. The monoisotopic (exact) mass is 283 g/mol. The molecule has 0 saturated carbocycles. The lowest BCUT2D eigenvalue weighted by Crippen LogP contribution is -2.18. The number of rotatable bonds is 5. The van der Waals surface area contributed by atoms with Gasteiger partial charge in [-0.05, 0) is 44.9 Å². The molecule has 1 heterocycles. The highest BCUT2D eigenvalue weighted by atomic mass is 14.9. The molecular formula is C18H25N3. The lowest BCUT2D eigenvalue weighted by Gasteiger charge is -2.17. The summed E-state index contributed by atoms with van der Waals surface area (Å²) in [5.41, 5.74) is 6.02. The predicted molar refractivity (Wildman–Crippen MR) is 87.8 cm³/mol. The van der Waals surface area contributed by atoms with Crippen LogP contribution in [0, 0.1) is 20.8 Å². The fourth-order valence-electron chi connectivity index (χ4n) is 2.88. The smallest absolute Gasteiger partial charge is 0.133 e. The van der Waals surface area contributed by atoms with Gasteiger partial charge in [-0.15, -0.1) is 0 Å². The van der Waals surface area contributed by atoms with Gasteiger partial charge in [0.05, 0.1) is 0 Å². The standard InChI is InChI=1S/C18H25N3/c1-12-6-8-16(9-7-12)10-17-20-14(3)18(15(4)21-17)13(2)11-19-5/h6-9,13,19H,10-11H2,1-5H3. The highest BCUT2D eigenvalue weighted by Gasteiger charge is 2.14. The molecule has 0 aliphatic rings. The summed E-state index contributed by atoms with van der Waals surface area (Å²) in [7, 11) is 1.98. The molecule has 0 bridgehead atoms. The van der Waals surface area contributed by atoms with E-state index in [4.69, 9.17) is 9.97 Å². The molecule has 0 saturated heterocycles. The van der Waals surface area contributed by atoms with Crippen molar-refractivity contribution in [1.82, 2.24) is 15.3 Å². The van der Waals surface area contributed by atoms with Crippen molar-refractivity contribution in [3.63, 3.8) is 0 Å². The molecule has 2 aromatic rings. The molecule has 1 N–H and O–H groups in total. The van der Waals surface area contributed by atoms with E-state index in [1.807, 2.05) is 7.05 Å². The second kappa shape index (κ2) is 6.81. The summed E-state index contributed by atoms with van der Waals surface area (Å²) in [5, 5.41) is 3.22. The zero-order valence-corrected chi connectivity index (χ0v) is 13.7. The van der Waals surface area contributed by atoms with Gasteiger partial charge in [-0.1, -0.05) is 36.8 Å². The van der Waals surface area contributed by atoms with Gasteiger partial charge in [0.1, 0.15) is 5.82 Å². The van der Waals surface area contributed by atoms with Crippen LogP contribution in [0.3, 0.4) is 0 Å². The summed E-state index contributed by atoms with van der Waals surface area (Å²) in [6, 6.07) is 8.58. The summed E-state index contributed by atoms with van der Waals surface area (Å²) >= 11 is 0. The fraction of sp³-hybridized carbons (Fsp3) is 0.444. The van der Waals surface area contributed by atoms with Gasteiger partial charge in [-0.3, -0.25) is 0 Å². The van der Waals surface area contributed by atoms with Crippen LogP contribution < -0.4 is 5.32 Å². The Morgan fingerprint density at radius 2 is 1.57 bits per heavy atom. The summed E-state index contributed by atoms with van der Waals surface area (Å²) < 4.78 is 0. The molecule has 0 aliphatic heterocycles. The minimum absolute atomic E-state index is 0.434. The minimum Gasteiger partial charge on any atom is -0.319 e. The molecule has 0 amide bonds. The van der Waals surface area contributed by atoms with E-state index in [9.17, 15) is 0 Å². The van der Waals surface area contributed by atoms with Crippen molar-refractivity contribution in [2.24, 2.45) is 0 Å². The van der Waals surface area contributed by atoms with Gasteiger partial charge in [-0.2, -0.15) is 0 Å². The summed E-state index contributed by atoms with van der Waals surface area (Å²) in [6.07, 6.45) is 0.794. The Balaban J connectivity index is 2.25. The van der Waals surface area contributed by atoms with Crippen LogP contribution in [-0.4, -0.2) is 23.6 Å². The van der Waals surface area contributed by atoms with E-state index in [1.165, 1.54) is 16.7 Å². The van der Waals surface area contributed by atoms with Crippen LogP contribution in [0.1, 0.15) is 46.7 Å². The third-order valence-corrected chi connectivity index (χ3v) is 3.86. The van der Waals surface area contributed by atoms with Gasteiger partial charge >= 0.3 is 0 Å². The lowest BCUT2D eigenvalue weighted by molar-refractivity contribution is 0.659. The first-order chi connectivity index (χ1) is 10.0. The molecule has 3 nitrogen and oxygen atoms in total. The molecule has 1 aromatic heterocycles. The SMILES string of the molecule is CNCC(C)c1c(C)nc(Cc2ccc(C)cc2)nc1C. The predicted octanol–water partition coefficient (Wildman–Crippen LogP) is 3.32. The zero-order valence-electron chi connectivity index (χ0n) is 13.7. The van der Waals surface area contributed by atoms with Gasteiger partial charge in [0.25, 0.3) is 0 Å². The van der Waals surface area contributed by atoms with Gasteiger partial charge in [0.15, 0.2) is 0 Å². The molecule has 3 heteroatoms. The van der Waals surface area contributed by atoms with Crippen LogP contribution >= 0.6 is 0 Å². The average molecular weight is 283 g/mol. The van der Waals surface area contributed by atoms with Crippen molar-refractivity contribution < 1.29 is 0 Å². The number of hydrogen-bond acceptors (Lipinski definition) is 3. The topological polar surface area (TPSA) is 37.8 Å². The fourth-order valence-corrected chi connectivity index (χ4v) is 2.88. The Morgan fingerprint density at radius 3 is 2.10 bits per heavy atom. The molecular weight excluding hydrogens is 258 g/mol. The minimum atomic E-state index is 0.434. The first-order valence-electron chi connectivity index (χ1n) is 7.55. The lowest BCUT2D eigenvalue weighted by atomic mass is 9.98. The Kier molecular flexibility index (Phi) is 5.07. The van der Waals surface area contributed by atoms with Gasteiger partial charge in [-0.25, -0.2) is 9.97 Å². The normalized spacial score (nSPS) is 12.4. The van der Waals surface area contributed by atoms with Crippen molar-refractivity contribution >= 4 is 0 Å². The molecule has 0 aliphatic carbocycles. The van der Waals surface area contributed by atoms with E-state index in [0.717, 1.165) is 30.2 Å². The summed E-state index contributed by atoms with van der Waals surface area (Å²) in [6.45, 7) is 9.45. The van der Waals surface area contributed by atoms with Gasteiger partial charge < -0.3 is 5.32 Å². The third-order valence-electron chi connectivity index (χ3n) is 3.86. The molecule has 21 heavy (non-hydrogen) atoms. The molecule has 0 spiro atoms. The molecule has 112 valence electrons. The molecule has 2 rings (SSSR count). The largest absolute Gasteiger partial charge is 0.319 e. The van der Waals surface area contributed by atoms with Crippen LogP contribution in [0.4, 0.5) is 0 Å². The maximum atomic E-state index is 4.72. The molecule has 0 radical (unpaired) electrons. The Bertz CT molecular complexity index is 579. The number of aryl methyl sites for hydroxylation is 3. The van der Waals surface area contributed by atoms with E-state index in [2.05, 4.69) is 57.3 Å². The second-order valence-corrected chi connectivity index (χ2v) is 5.85. The van der Waals surface area contributed by atoms with Crippen LogP contribution in [-0.2, 0) is 6.42 Å².